The molecule has 0 aromatic carbocycles. The Kier molecular flexibility index (Phi) is 5.81. The van der Waals surface area contributed by atoms with E-state index in [1.807, 2.05) is 6.92 Å². The van der Waals surface area contributed by atoms with Crippen molar-refractivity contribution >= 4 is 29.6 Å². The number of piperidine rings is 1. The number of nitrogens with one attached hydrogen (secondary N) is 1. The van der Waals surface area contributed by atoms with E-state index in [1.54, 1.807) is 0 Å². The molecule has 0 radical (unpaired) electrons. The van der Waals surface area contributed by atoms with Crippen LogP contribution in [0.15, 0.2) is 0 Å². The summed E-state index contributed by atoms with van der Waals surface area (Å²) in [5.41, 5.74) is -1.21. The molecule has 2 heterocycles. The summed E-state index contributed by atoms with van der Waals surface area (Å²) in [6.07, 6.45) is 6.01. The van der Waals surface area contributed by atoms with E-state index in [2.05, 4.69) is 10.2 Å². The molecule has 2 fully saturated rings. The van der Waals surface area contributed by atoms with Crippen LogP contribution in [0.5, 0.6) is 0 Å². The van der Waals surface area contributed by atoms with Gasteiger partial charge in [0.1, 0.15) is 5.41 Å². The number of rotatable bonds is 6. The van der Waals surface area contributed by atoms with Gasteiger partial charge in [0.15, 0.2) is 0 Å². The highest BCUT2D eigenvalue weighted by Crippen LogP contribution is 2.35. The summed E-state index contributed by atoms with van der Waals surface area (Å²) in [7, 11) is 0. The average molecular weight is 330 g/mol. The maximum atomic E-state index is 12.5. The van der Waals surface area contributed by atoms with Crippen molar-refractivity contribution in [2.45, 2.75) is 51.9 Å². The van der Waals surface area contributed by atoms with Crippen molar-refractivity contribution in [3.8, 4) is 0 Å². The highest BCUT2D eigenvalue weighted by atomic mass is 35.5. The Morgan fingerprint density at radius 3 is 2.45 bits per heavy atom. The minimum absolute atomic E-state index is 0.411. The third-order valence-corrected chi connectivity index (χ3v) is 4.99. The molecule has 2 aliphatic heterocycles. The first-order valence-electron chi connectivity index (χ1n) is 8.09. The van der Waals surface area contributed by atoms with Crippen LogP contribution in [-0.2, 0) is 9.59 Å². The molecule has 1 atom stereocenters. The average Bonchev–Trinajstić information content (AvgIpc) is 2.53. The number of unbranched alkanes of at least 4 members (excludes halogenated alkanes) is 1. The van der Waals surface area contributed by atoms with Gasteiger partial charge in [0.2, 0.25) is 5.91 Å². The molecule has 1 unspecified atom stereocenters. The van der Waals surface area contributed by atoms with E-state index in [1.165, 1.54) is 6.42 Å². The monoisotopic (exact) mass is 329 g/mol. The van der Waals surface area contributed by atoms with Crippen molar-refractivity contribution in [3.63, 3.8) is 0 Å². The second-order valence-electron chi connectivity index (χ2n) is 6.18. The van der Waals surface area contributed by atoms with E-state index in [0.29, 0.717) is 23.8 Å². The Labute approximate surface area is 136 Å². The summed E-state index contributed by atoms with van der Waals surface area (Å²) in [4.78, 5) is 38.7. The van der Waals surface area contributed by atoms with Crippen molar-refractivity contribution < 1.29 is 14.4 Å². The number of likely N-dealkylation sites (tertiary alicyclic amines) is 1. The molecule has 0 aromatic heterocycles. The van der Waals surface area contributed by atoms with E-state index in [4.69, 9.17) is 11.8 Å². The smallest absolute Gasteiger partial charge is 0.303 e. The predicted molar refractivity (Wildman–Crippen MR) is 83.1 cm³/mol. The summed E-state index contributed by atoms with van der Waals surface area (Å²) in [6, 6.07) is -0.846. The first kappa shape index (κ1) is 17.2. The van der Waals surface area contributed by atoms with Gasteiger partial charge in [-0.2, -0.15) is 4.42 Å². The van der Waals surface area contributed by atoms with Gasteiger partial charge >= 0.3 is 6.03 Å². The second-order valence-corrected chi connectivity index (χ2v) is 6.52. The van der Waals surface area contributed by atoms with Gasteiger partial charge in [0.25, 0.3) is 5.91 Å². The fourth-order valence-electron chi connectivity index (χ4n) is 3.22. The predicted octanol–water partition coefficient (Wildman–Crippen LogP) is 2.27. The fraction of sp³-hybridized carbons (Fsp3) is 0.800. The molecule has 7 heteroatoms. The number of carbonyl (C=O) groups excluding carboxylic acids is 3. The number of hydrogen-bond donors (Lipinski definition) is 1. The Morgan fingerprint density at radius 1 is 1.14 bits per heavy atom. The molecular weight excluding hydrogens is 306 g/mol. The molecule has 0 spiro atoms. The molecule has 2 rings (SSSR count). The van der Waals surface area contributed by atoms with Crippen LogP contribution in [0.1, 0.15) is 51.9 Å². The van der Waals surface area contributed by atoms with Crippen molar-refractivity contribution in [2.75, 3.05) is 19.6 Å². The van der Waals surface area contributed by atoms with Gasteiger partial charge in [-0.05, 0) is 45.3 Å². The number of barbiturate groups is 1. The van der Waals surface area contributed by atoms with E-state index < -0.39 is 23.3 Å². The highest BCUT2D eigenvalue weighted by molar-refractivity contribution is 6.36. The molecule has 2 saturated heterocycles. The number of urea groups is 1. The lowest BCUT2D eigenvalue weighted by Crippen LogP contribution is -2.61. The molecule has 6 nitrogen and oxygen atoms in total. The Balaban J connectivity index is 2.13. The fourth-order valence-corrected chi connectivity index (χ4v) is 3.42. The van der Waals surface area contributed by atoms with Crippen molar-refractivity contribution in [2.24, 2.45) is 5.41 Å². The van der Waals surface area contributed by atoms with Crippen LogP contribution in [0.4, 0.5) is 4.79 Å². The molecule has 0 saturated carbocycles. The Hall–Kier alpha value is -1.14. The zero-order valence-electron chi connectivity index (χ0n) is 13.1. The molecule has 0 aromatic rings. The zero-order valence-corrected chi connectivity index (χ0v) is 13.8. The van der Waals surface area contributed by atoms with Crippen LogP contribution in [0.2, 0.25) is 0 Å². The van der Waals surface area contributed by atoms with Crippen LogP contribution in [-0.4, -0.2) is 46.8 Å². The quantitative estimate of drug-likeness (QED) is 0.599. The first-order chi connectivity index (χ1) is 10.5. The third kappa shape index (κ3) is 3.43. The lowest BCUT2D eigenvalue weighted by atomic mass is 9.76. The summed E-state index contributed by atoms with van der Waals surface area (Å²) in [5.74, 6) is -1.07. The first-order valence-corrected chi connectivity index (χ1v) is 8.43. The van der Waals surface area contributed by atoms with E-state index >= 15 is 0 Å². The van der Waals surface area contributed by atoms with Gasteiger partial charge in [-0.1, -0.05) is 26.2 Å². The Morgan fingerprint density at radius 2 is 1.82 bits per heavy atom. The van der Waals surface area contributed by atoms with E-state index in [0.717, 1.165) is 38.8 Å². The number of imide groups is 2. The van der Waals surface area contributed by atoms with Crippen LogP contribution < -0.4 is 5.32 Å². The largest absolute Gasteiger partial charge is 0.345 e. The molecule has 0 bridgehead atoms. The van der Waals surface area contributed by atoms with Crippen molar-refractivity contribution in [1.29, 1.82) is 0 Å². The van der Waals surface area contributed by atoms with Crippen LogP contribution in [0, 0.1) is 5.41 Å². The van der Waals surface area contributed by atoms with Gasteiger partial charge in [-0.3, -0.25) is 14.9 Å². The van der Waals surface area contributed by atoms with Gasteiger partial charge in [-0.25, -0.2) is 4.79 Å². The van der Waals surface area contributed by atoms with Crippen LogP contribution in [0.25, 0.3) is 0 Å². The van der Waals surface area contributed by atoms with Gasteiger partial charge < -0.3 is 4.90 Å². The molecule has 22 heavy (non-hydrogen) atoms. The molecule has 124 valence electrons. The standard InChI is InChI=1S/C15H24ClN3O3/c1-2-3-7-15(8-11-18-9-5-4-6-10-18)12(20)17-14(22)19(16)13(15)21/h2-11H2,1H3,(H,17,20,22). The maximum absolute atomic E-state index is 12.5. The second kappa shape index (κ2) is 7.42. The molecule has 2 aliphatic rings. The summed E-state index contributed by atoms with van der Waals surface area (Å²) < 4.78 is 0.535. The SMILES string of the molecule is CCCCC1(CCN2CCCCC2)C(=O)NC(=O)N(Cl)C1=O. The van der Waals surface area contributed by atoms with Crippen LogP contribution >= 0.6 is 11.8 Å². The number of nitrogens with zero attached hydrogens (tertiary/aromatic N) is 2. The number of halogens is 1. The van der Waals surface area contributed by atoms with Crippen molar-refractivity contribution in [1.82, 2.24) is 14.6 Å². The number of amides is 4. The number of hydrogen-bond acceptors (Lipinski definition) is 4. The van der Waals surface area contributed by atoms with Gasteiger partial charge in [0.05, 0.1) is 0 Å². The summed E-state index contributed by atoms with van der Waals surface area (Å²) in [5, 5.41) is 2.22. The Bertz CT molecular complexity index is 451. The lowest BCUT2D eigenvalue weighted by molar-refractivity contribution is -0.149. The van der Waals surface area contributed by atoms with Gasteiger partial charge in [-0.15, -0.1) is 0 Å². The third-order valence-electron chi connectivity index (χ3n) is 4.68. The minimum atomic E-state index is -1.21. The molecule has 4 amide bonds. The van der Waals surface area contributed by atoms with Crippen LogP contribution in [0.3, 0.4) is 0 Å². The maximum Gasteiger partial charge on any atom is 0.345 e. The normalized spacial score (nSPS) is 27.2. The topological polar surface area (TPSA) is 69.7 Å². The lowest BCUT2D eigenvalue weighted by Gasteiger charge is -2.38. The van der Waals surface area contributed by atoms with E-state index in [-0.39, 0.29) is 0 Å². The van der Waals surface area contributed by atoms with E-state index in [9.17, 15) is 14.4 Å². The minimum Gasteiger partial charge on any atom is -0.303 e. The van der Waals surface area contributed by atoms with Crippen molar-refractivity contribution in [3.05, 3.63) is 0 Å². The van der Waals surface area contributed by atoms with Gasteiger partial charge in [0, 0.05) is 11.8 Å². The summed E-state index contributed by atoms with van der Waals surface area (Å²) in [6.45, 7) is 4.70. The molecular formula is C15H24ClN3O3. The highest BCUT2D eigenvalue weighted by Gasteiger charge is 2.53. The summed E-state index contributed by atoms with van der Waals surface area (Å²) >= 11 is 5.77. The molecule has 1 N–H and O–H groups in total. The number of carbonyl (C=O) groups is 3. The zero-order chi connectivity index (χ0) is 16.2. The molecule has 0 aliphatic carbocycles.